The summed E-state index contributed by atoms with van der Waals surface area (Å²) in [5, 5.41) is 11.8. The molecule has 0 saturated heterocycles. The first-order valence-electron chi connectivity index (χ1n) is 6.76. The molecule has 5 nitrogen and oxygen atoms in total. The molecule has 2 N–H and O–H groups in total. The van der Waals surface area contributed by atoms with Crippen molar-refractivity contribution in [2.24, 2.45) is 0 Å². The van der Waals surface area contributed by atoms with E-state index in [1.165, 1.54) is 6.92 Å². The number of carboxylic acid groups (broad SMARTS) is 1. The lowest BCUT2D eigenvalue weighted by Gasteiger charge is -2.27. The van der Waals surface area contributed by atoms with Gasteiger partial charge in [0.15, 0.2) is 6.10 Å². The van der Waals surface area contributed by atoms with Gasteiger partial charge in [-0.3, -0.25) is 4.79 Å². The fraction of sp³-hybridized carbons (Fsp3) is 0.467. The van der Waals surface area contributed by atoms with Crippen LogP contribution >= 0.6 is 15.9 Å². The summed E-state index contributed by atoms with van der Waals surface area (Å²) in [6.07, 6.45) is 0.233. The third-order valence-corrected chi connectivity index (χ3v) is 3.59. The lowest BCUT2D eigenvalue weighted by atomic mass is 9.96. The number of aliphatic carboxylic acids is 1. The molecule has 0 radical (unpaired) electrons. The molecule has 1 rings (SSSR count). The van der Waals surface area contributed by atoms with Gasteiger partial charge in [-0.25, -0.2) is 4.79 Å². The van der Waals surface area contributed by atoms with Gasteiger partial charge >= 0.3 is 5.97 Å². The van der Waals surface area contributed by atoms with E-state index < -0.39 is 23.5 Å². The van der Waals surface area contributed by atoms with Crippen LogP contribution in [0.1, 0.15) is 33.6 Å². The van der Waals surface area contributed by atoms with Gasteiger partial charge in [-0.2, -0.15) is 0 Å². The number of hydrogen-bond donors (Lipinski definition) is 2. The molecule has 6 heteroatoms. The molecule has 1 amide bonds. The van der Waals surface area contributed by atoms with E-state index >= 15 is 0 Å². The van der Waals surface area contributed by atoms with Crippen LogP contribution in [-0.2, 0) is 9.59 Å². The number of rotatable bonds is 7. The summed E-state index contributed by atoms with van der Waals surface area (Å²) in [7, 11) is 0. The summed E-state index contributed by atoms with van der Waals surface area (Å²) in [5.41, 5.74) is -1.28. The van der Waals surface area contributed by atoms with Crippen LogP contribution in [0.4, 0.5) is 0 Å². The van der Waals surface area contributed by atoms with Crippen molar-refractivity contribution >= 4 is 27.8 Å². The number of carboxylic acids is 1. The van der Waals surface area contributed by atoms with E-state index in [0.29, 0.717) is 18.6 Å². The molecule has 2 atom stereocenters. The summed E-state index contributed by atoms with van der Waals surface area (Å²) in [6, 6.07) is 7.12. The zero-order chi connectivity index (χ0) is 16.0. The van der Waals surface area contributed by atoms with Crippen LogP contribution in [0.2, 0.25) is 0 Å². The Bertz CT molecular complexity index is 520. The van der Waals surface area contributed by atoms with Gasteiger partial charge in [-0.05, 0) is 38.5 Å². The number of ether oxygens (including phenoxy) is 1. The molecular weight excluding hydrogens is 338 g/mol. The topological polar surface area (TPSA) is 75.6 Å². The smallest absolute Gasteiger partial charge is 0.329 e. The Labute approximate surface area is 132 Å². The fourth-order valence-corrected chi connectivity index (χ4v) is 2.27. The molecule has 0 aliphatic heterocycles. The van der Waals surface area contributed by atoms with Crippen LogP contribution in [0.15, 0.2) is 28.7 Å². The van der Waals surface area contributed by atoms with Crippen molar-refractivity contribution in [1.29, 1.82) is 0 Å². The van der Waals surface area contributed by atoms with Gasteiger partial charge in [-0.15, -0.1) is 0 Å². The van der Waals surface area contributed by atoms with E-state index in [-0.39, 0.29) is 0 Å². The maximum absolute atomic E-state index is 12.1. The number of amides is 1. The second-order valence-corrected chi connectivity index (χ2v) is 6.01. The number of hydrogen-bond acceptors (Lipinski definition) is 3. The number of nitrogens with one attached hydrogen (secondary N) is 1. The zero-order valence-electron chi connectivity index (χ0n) is 12.4. The highest BCUT2D eigenvalue weighted by Crippen LogP contribution is 2.19. The van der Waals surface area contributed by atoms with Gasteiger partial charge in [-0.1, -0.05) is 35.3 Å². The van der Waals surface area contributed by atoms with Crippen LogP contribution in [-0.4, -0.2) is 28.6 Å². The van der Waals surface area contributed by atoms with Gasteiger partial charge in [0, 0.05) is 4.47 Å². The van der Waals surface area contributed by atoms with Gasteiger partial charge < -0.3 is 15.2 Å². The molecule has 116 valence electrons. The quantitative estimate of drug-likeness (QED) is 0.786. The summed E-state index contributed by atoms with van der Waals surface area (Å²) >= 11 is 3.32. The Morgan fingerprint density at radius 3 is 2.67 bits per heavy atom. The van der Waals surface area contributed by atoms with Crippen LogP contribution < -0.4 is 10.1 Å². The summed E-state index contributed by atoms with van der Waals surface area (Å²) < 4.78 is 6.37. The average Bonchev–Trinajstić information content (AvgIpc) is 2.38. The molecule has 0 heterocycles. The largest absolute Gasteiger partial charge is 0.481 e. The van der Waals surface area contributed by atoms with Crippen molar-refractivity contribution in [2.45, 2.75) is 45.3 Å². The summed E-state index contributed by atoms with van der Waals surface area (Å²) in [5.74, 6) is -0.958. The lowest BCUT2D eigenvalue weighted by molar-refractivity contribution is -0.148. The van der Waals surface area contributed by atoms with E-state index in [1.807, 2.05) is 13.0 Å². The summed E-state index contributed by atoms with van der Waals surface area (Å²) in [6.45, 7) is 4.96. The molecule has 0 aliphatic rings. The highest BCUT2D eigenvalue weighted by atomic mass is 79.9. The number of benzene rings is 1. The highest BCUT2D eigenvalue weighted by molar-refractivity contribution is 9.10. The maximum atomic E-state index is 12.1. The van der Waals surface area contributed by atoms with Gasteiger partial charge in [0.1, 0.15) is 11.3 Å². The average molecular weight is 358 g/mol. The first-order valence-corrected chi connectivity index (χ1v) is 7.55. The van der Waals surface area contributed by atoms with E-state index in [4.69, 9.17) is 4.74 Å². The molecule has 1 aromatic carbocycles. The molecular formula is C15H20BrNO4. The van der Waals surface area contributed by atoms with Crippen molar-refractivity contribution in [3.05, 3.63) is 28.7 Å². The van der Waals surface area contributed by atoms with Gasteiger partial charge in [0.05, 0.1) is 0 Å². The first kappa shape index (κ1) is 17.5. The molecule has 21 heavy (non-hydrogen) atoms. The Morgan fingerprint density at radius 1 is 1.48 bits per heavy atom. The van der Waals surface area contributed by atoms with Crippen LogP contribution in [0.25, 0.3) is 0 Å². The second-order valence-electron chi connectivity index (χ2n) is 5.09. The second kappa shape index (κ2) is 7.45. The molecule has 0 aromatic heterocycles. The summed E-state index contributed by atoms with van der Waals surface area (Å²) in [4.78, 5) is 23.4. The van der Waals surface area contributed by atoms with Crippen LogP contribution in [0, 0.1) is 0 Å². The molecule has 0 bridgehead atoms. The minimum absolute atomic E-state index is 0.359. The predicted molar refractivity (Wildman–Crippen MR) is 83.3 cm³/mol. The van der Waals surface area contributed by atoms with Crippen molar-refractivity contribution in [1.82, 2.24) is 5.32 Å². The lowest BCUT2D eigenvalue weighted by Crippen LogP contribution is -2.55. The van der Waals surface area contributed by atoms with Crippen molar-refractivity contribution in [3.63, 3.8) is 0 Å². The number of carbonyl (C=O) groups is 2. The predicted octanol–water partition coefficient (Wildman–Crippen LogP) is 2.98. The molecule has 0 fully saturated rings. The Kier molecular flexibility index (Phi) is 6.20. The minimum Gasteiger partial charge on any atom is -0.481 e. The van der Waals surface area contributed by atoms with E-state index in [9.17, 15) is 14.7 Å². The Hall–Kier alpha value is -1.56. The monoisotopic (exact) mass is 357 g/mol. The highest BCUT2D eigenvalue weighted by Gasteiger charge is 2.35. The number of carbonyl (C=O) groups excluding carboxylic acids is 1. The maximum Gasteiger partial charge on any atom is 0.329 e. The van der Waals surface area contributed by atoms with Gasteiger partial charge in [0.2, 0.25) is 0 Å². The molecule has 1 aromatic rings. The van der Waals surface area contributed by atoms with Gasteiger partial charge in [0.25, 0.3) is 5.91 Å². The van der Waals surface area contributed by atoms with E-state index in [1.54, 1.807) is 25.1 Å². The fourth-order valence-electron chi connectivity index (χ4n) is 1.89. The molecule has 0 saturated carbocycles. The Morgan fingerprint density at radius 2 is 2.14 bits per heavy atom. The van der Waals surface area contributed by atoms with Crippen molar-refractivity contribution in [2.75, 3.05) is 0 Å². The van der Waals surface area contributed by atoms with E-state index in [0.717, 1.165) is 4.47 Å². The first-order chi connectivity index (χ1) is 9.78. The molecule has 2 unspecified atom stereocenters. The normalized spacial score (nSPS) is 14.9. The van der Waals surface area contributed by atoms with Crippen molar-refractivity contribution in [3.8, 4) is 5.75 Å². The van der Waals surface area contributed by atoms with Crippen LogP contribution in [0.5, 0.6) is 5.75 Å². The number of halogens is 1. The minimum atomic E-state index is -1.28. The SMILES string of the molecule is CCCC(C)(NC(=O)C(C)Oc1cccc(Br)c1)C(=O)O. The zero-order valence-corrected chi connectivity index (χ0v) is 13.9. The third-order valence-electron chi connectivity index (χ3n) is 3.10. The van der Waals surface area contributed by atoms with Crippen LogP contribution in [0.3, 0.4) is 0 Å². The molecule has 0 aliphatic carbocycles. The standard InChI is InChI=1S/C15H20BrNO4/c1-4-8-15(3,14(19)20)17-13(18)10(2)21-12-7-5-6-11(16)9-12/h5-7,9-10H,4,8H2,1-3H3,(H,17,18)(H,19,20). The molecule has 0 spiro atoms. The third kappa shape index (κ3) is 5.04. The van der Waals surface area contributed by atoms with Crippen molar-refractivity contribution < 1.29 is 19.4 Å². The Balaban J connectivity index is 2.72. The van der Waals surface area contributed by atoms with E-state index in [2.05, 4.69) is 21.2 Å².